The molecule has 1 aromatic rings. The number of benzene rings is 1. The van der Waals surface area contributed by atoms with Crippen LogP contribution in [0.4, 0.5) is 31.1 Å². The number of amides is 1. The molecule has 0 aliphatic carbocycles. The maximum atomic E-state index is 12.9. The summed E-state index contributed by atoms with van der Waals surface area (Å²) in [6.45, 7) is 3.58. The second-order valence-electron chi connectivity index (χ2n) is 5.41. The third-order valence-corrected chi connectivity index (χ3v) is 3.91. The summed E-state index contributed by atoms with van der Waals surface area (Å²) in [7, 11) is 0. The molecule has 0 aromatic heterocycles. The number of carbonyl (C=O) groups excluding carboxylic acids is 1. The molecule has 3 nitrogen and oxygen atoms in total. The van der Waals surface area contributed by atoms with Gasteiger partial charge in [-0.15, -0.1) is 0 Å². The van der Waals surface area contributed by atoms with Gasteiger partial charge in [0, 0.05) is 6.54 Å². The van der Waals surface area contributed by atoms with Crippen molar-refractivity contribution in [3.63, 3.8) is 0 Å². The fourth-order valence-corrected chi connectivity index (χ4v) is 2.79. The van der Waals surface area contributed by atoms with Crippen LogP contribution in [-0.4, -0.2) is 23.6 Å². The van der Waals surface area contributed by atoms with Crippen molar-refractivity contribution in [3.8, 4) is 0 Å². The number of alkyl halides is 6. The minimum Gasteiger partial charge on any atom is -0.439 e. The van der Waals surface area contributed by atoms with Gasteiger partial charge in [0.2, 0.25) is 0 Å². The molecule has 1 amide bonds. The second kappa shape index (κ2) is 6.18. The van der Waals surface area contributed by atoms with Crippen LogP contribution in [0.3, 0.4) is 0 Å². The predicted molar refractivity (Wildman–Crippen MR) is 72.1 cm³/mol. The van der Waals surface area contributed by atoms with E-state index < -0.39 is 41.7 Å². The molecule has 1 saturated heterocycles. The van der Waals surface area contributed by atoms with Crippen LogP contribution in [-0.2, 0) is 17.1 Å². The van der Waals surface area contributed by atoms with Crippen LogP contribution in [0.5, 0.6) is 0 Å². The van der Waals surface area contributed by atoms with Crippen molar-refractivity contribution in [1.82, 2.24) is 4.90 Å². The average molecular weight is 355 g/mol. The minimum atomic E-state index is -4.94. The molecule has 134 valence electrons. The van der Waals surface area contributed by atoms with E-state index in [0.717, 1.165) is 0 Å². The molecule has 2 atom stereocenters. The number of hydrogen-bond donors (Lipinski definition) is 0. The molecule has 1 aromatic carbocycles. The molecule has 1 aliphatic rings. The van der Waals surface area contributed by atoms with Crippen LogP contribution < -0.4 is 0 Å². The fraction of sp³-hybridized carbons (Fsp3) is 0.533. The molecule has 0 N–H and O–H groups in total. The zero-order valence-electron chi connectivity index (χ0n) is 12.8. The van der Waals surface area contributed by atoms with Gasteiger partial charge in [0.25, 0.3) is 0 Å². The summed E-state index contributed by atoms with van der Waals surface area (Å²) in [4.78, 5) is 13.1. The first-order valence-electron chi connectivity index (χ1n) is 7.25. The SMILES string of the molecule is CC[C@@H]1[C@@H](c2cc(C(F)(F)F)cc(C(F)(F)F)c2)OC(=O)N1CC. The lowest BCUT2D eigenvalue weighted by atomic mass is 9.95. The third kappa shape index (κ3) is 3.44. The number of hydrogen-bond acceptors (Lipinski definition) is 2. The van der Waals surface area contributed by atoms with Crippen LogP contribution in [0.1, 0.15) is 43.1 Å². The van der Waals surface area contributed by atoms with Gasteiger partial charge in [0.15, 0.2) is 0 Å². The van der Waals surface area contributed by atoms with Crippen LogP contribution in [0.25, 0.3) is 0 Å². The Kier molecular flexibility index (Phi) is 4.74. The zero-order chi connectivity index (χ0) is 18.3. The van der Waals surface area contributed by atoms with Crippen molar-refractivity contribution in [2.24, 2.45) is 0 Å². The summed E-state index contributed by atoms with van der Waals surface area (Å²) in [6.07, 6.45) is -11.5. The average Bonchev–Trinajstić information content (AvgIpc) is 2.80. The van der Waals surface area contributed by atoms with Gasteiger partial charge in [-0.05, 0) is 37.1 Å². The molecule has 1 heterocycles. The molecule has 9 heteroatoms. The van der Waals surface area contributed by atoms with Gasteiger partial charge in [0.1, 0.15) is 6.10 Å². The summed E-state index contributed by atoms with van der Waals surface area (Å²) in [5, 5.41) is 0. The van der Waals surface area contributed by atoms with Crippen LogP contribution in [0.15, 0.2) is 18.2 Å². The first-order valence-corrected chi connectivity index (χ1v) is 7.25. The smallest absolute Gasteiger partial charge is 0.416 e. The zero-order valence-corrected chi connectivity index (χ0v) is 12.8. The number of nitrogens with zero attached hydrogens (tertiary/aromatic N) is 1. The van der Waals surface area contributed by atoms with E-state index in [0.29, 0.717) is 18.6 Å². The van der Waals surface area contributed by atoms with E-state index >= 15 is 0 Å². The topological polar surface area (TPSA) is 29.5 Å². The Balaban J connectivity index is 2.55. The Labute approximate surface area is 134 Å². The molecule has 1 aliphatic heterocycles. The van der Waals surface area contributed by atoms with Crippen molar-refractivity contribution < 1.29 is 35.9 Å². The van der Waals surface area contributed by atoms with Gasteiger partial charge >= 0.3 is 18.4 Å². The highest BCUT2D eigenvalue weighted by atomic mass is 19.4. The van der Waals surface area contributed by atoms with Gasteiger partial charge in [0.05, 0.1) is 17.2 Å². The van der Waals surface area contributed by atoms with Crippen LogP contribution >= 0.6 is 0 Å². The van der Waals surface area contributed by atoms with E-state index in [2.05, 4.69) is 0 Å². The quantitative estimate of drug-likeness (QED) is 0.713. The molecule has 0 spiro atoms. The molecule has 0 saturated carbocycles. The van der Waals surface area contributed by atoms with Crippen molar-refractivity contribution in [2.45, 2.75) is 44.8 Å². The maximum Gasteiger partial charge on any atom is 0.416 e. The van der Waals surface area contributed by atoms with Gasteiger partial charge in [-0.3, -0.25) is 0 Å². The fourth-order valence-electron chi connectivity index (χ4n) is 2.79. The number of likely N-dealkylation sites (N-methyl/N-ethyl adjacent to an activating group) is 1. The van der Waals surface area contributed by atoms with Gasteiger partial charge in [-0.1, -0.05) is 6.92 Å². The molecule has 0 bridgehead atoms. The van der Waals surface area contributed by atoms with Gasteiger partial charge in [-0.2, -0.15) is 26.3 Å². The molecule has 0 radical (unpaired) electrons. The van der Waals surface area contributed by atoms with Crippen molar-refractivity contribution >= 4 is 6.09 Å². The normalized spacial score (nSPS) is 22.0. The lowest BCUT2D eigenvalue weighted by Crippen LogP contribution is -2.33. The van der Waals surface area contributed by atoms with Crippen molar-refractivity contribution in [2.75, 3.05) is 6.54 Å². The lowest BCUT2D eigenvalue weighted by Gasteiger charge is -2.23. The molecular weight excluding hydrogens is 340 g/mol. The molecule has 0 unspecified atom stereocenters. The highest BCUT2D eigenvalue weighted by molar-refractivity contribution is 5.71. The Bertz CT molecular complexity index is 593. The number of carbonyl (C=O) groups is 1. The van der Waals surface area contributed by atoms with E-state index in [1.807, 2.05) is 0 Å². The Morgan fingerprint density at radius 1 is 1.00 bits per heavy atom. The number of halogens is 6. The van der Waals surface area contributed by atoms with E-state index in [1.54, 1.807) is 13.8 Å². The number of cyclic esters (lactones) is 1. The minimum absolute atomic E-state index is 0.0544. The number of ether oxygens (including phenoxy) is 1. The van der Waals surface area contributed by atoms with E-state index in [4.69, 9.17) is 4.74 Å². The lowest BCUT2D eigenvalue weighted by molar-refractivity contribution is -0.143. The maximum absolute atomic E-state index is 12.9. The second-order valence-corrected chi connectivity index (χ2v) is 5.41. The standard InChI is InChI=1S/C15H15F6NO2/c1-3-11-12(24-13(23)22(11)4-2)8-5-9(14(16,17)18)7-10(6-8)15(19,20)21/h5-7,11-12H,3-4H2,1-2H3/t11-,12-/m1/s1. The predicted octanol–water partition coefficient (Wildman–Crippen LogP) is 5.02. The van der Waals surface area contributed by atoms with Crippen LogP contribution in [0.2, 0.25) is 0 Å². The van der Waals surface area contributed by atoms with Crippen molar-refractivity contribution in [1.29, 1.82) is 0 Å². The van der Waals surface area contributed by atoms with Gasteiger partial charge < -0.3 is 9.64 Å². The molecule has 2 rings (SSSR count). The van der Waals surface area contributed by atoms with E-state index in [9.17, 15) is 31.1 Å². The Hall–Kier alpha value is -1.93. The summed E-state index contributed by atoms with van der Waals surface area (Å²) >= 11 is 0. The first-order chi connectivity index (χ1) is 11.0. The summed E-state index contributed by atoms with van der Waals surface area (Å²) in [5.41, 5.74) is -3.16. The molecular formula is C15H15F6NO2. The Morgan fingerprint density at radius 3 is 1.88 bits per heavy atom. The summed E-state index contributed by atoms with van der Waals surface area (Å²) in [5.74, 6) is 0. The molecule has 1 fully saturated rings. The first kappa shape index (κ1) is 18.4. The van der Waals surface area contributed by atoms with E-state index in [-0.39, 0.29) is 18.2 Å². The monoisotopic (exact) mass is 355 g/mol. The Morgan fingerprint density at radius 2 is 1.50 bits per heavy atom. The number of rotatable bonds is 3. The summed E-state index contributed by atoms with van der Waals surface area (Å²) in [6, 6.07) is 0.648. The summed E-state index contributed by atoms with van der Waals surface area (Å²) < 4.78 is 82.7. The van der Waals surface area contributed by atoms with E-state index in [1.165, 1.54) is 4.90 Å². The van der Waals surface area contributed by atoms with Gasteiger partial charge in [-0.25, -0.2) is 4.79 Å². The largest absolute Gasteiger partial charge is 0.439 e. The van der Waals surface area contributed by atoms with Crippen LogP contribution in [0, 0.1) is 0 Å². The van der Waals surface area contributed by atoms with Crippen molar-refractivity contribution in [3.05, 3.63) is 34.9 Å². The third-order valence-electron chi connectivity index (χ3n) is 3.91. The highest BCUT2D eigenvalue weighted by Crippen LogP contribution is 2.41. The molecule has 24 heavy (non-hydrogen) atoms. The highest BCUT2D eigenvalue weighted by Gasteiger charge is 2.43.